The number of fused-ring (bicyclic) bond motifs is 1. The fraction of sp³-hybridized carbons (Fsp3) is 0.0968. The molecule has 7 nitrogen and oxygen atoms in total. The summed E-state index contributed by atoms with van der Waals surface area (Å²) in [4.78, 5) is 18.2. The van der Waals surface area contributed by atoms with Crippen molar-refractivity contribution < 1.29 is 9.13 Å². The zero-order chi connectivity index (χ0) is 27.5. The molecule has 9 heteroatoms. The van der Waals surface area contributed by atoms with Gasteiger partial charge in [-0.3, -0.25) is 4.79 Å². The molecule has 0 amide bonds. The van der Waals surface area contributed by atoms with E-state index in [9.17, 15) is 9.18 Å². The van der Waals surface area contributed by atoms with E-state index in [4.69, 9.17) is 9.84 Å². The number of halogens is 1. The average molecular weight is 550 g/mol. The van der Waals surface area contributed by atoms with Gasteiger partial charge in [-0.2, -0.15) is 14.6 Å². The minimum Gasteiger partial charge on any atom is -0.494 e. The van der Waals surface area contributed by atoms with Crippen LogP contribution in [-0.4, -0.2) is 31.0 Å². The Morgan fingerprint density at radius 1 is 0.950 bits per heavy atom. The van der Waals surface area contributed by atoms with Crippen LogP contribution in [-0.2, 0) is 0 Å². The Balaban J connectivity index is 1.37. The first-order valence-electron chi connectivity index (χ1n) is 12.8. The zero-order valence-corrected chi connectivity index (χ0v) is 22.4. The molecule has 0 saturated carbocycles. The van der Waals surface area contributed by atoms with Crippen molar-refractivity contribution in [3.8, 4) is 22.7 Å². The van der Waals surface area contributed by atoms with E-state index < -0.39 is 0 Å². The number of para-hydroxylation sites is 1. The molecule has 198 valence electrons. The minimum atomic E-state index is -0.298. The highest BCUT2D eigenvalue weighted by Crippen LogP contribution is 2.26. The number of ether oxygens (including phenoxy) is 1. The maximum Gasteiger partial charge on any atom is 0.291 e. The fourth-order valence-electron chi connectivity index (χ4n) is 4.16. The topological polar surface area (TPSA) is 74.3 Å². The SMILES string of the molecule is CCCOc1ccc(-c2nn(-c3ccccc3)cc2/C=c2\sc3nc(/C=C/c4ccc(F)cc4)nn3c2=O)cc1. The van der Waals surface area contributed by atoms with Gasteiger partial charge in [-0.25, -0.2) is 9.07 Å². The Labute approximate surface area is 233 Å². The molecule has 0 fully saturated rings. The molecule has 0 aliphatic rings. The van der Waals surface area contributed by atoms with Crippen LogP contribution in [0.5, 0.6) is 5.75 Å². The summed E-state index contributed by atoms with van der Waals surface area (Å²) in [7, 11) is 0. The first kappa shape index (κ1) is 25.4. The summed E-state index contributed by atoms with van der Waals surface area (Å²) in [5.41, 5.74) is 3.91. The molecule has 0 aliphatic heterocycles. The number of thiazole rings is 1. The molecule has 6 aromatic rings. The first-order valence-corrected chi connectivity index (χ1v) is 13.6. The van der Waals surface area contributed by atoms with Crippen LogP contribution in [0.4, 0.5) is 4.39 Å². The van der Waals surface area contributed by atoms with Gasteiger partial charge < -0.3 is 4.74 Å². The van der Waals surface area contributed by atoms with E-state index in [1.165, 1.54) is 28.0 Å². The number of rotatable bonds is 8. The van der Waals surface area contributed by atoms with E-state index in [0.717, 1.165) is 40.2 Å². The van der Waals surface area contributed by atoms with Crippen molar-refractivity contribution in [2.45, 2.75) is 13.3 Å². The highest BCUT2D eigenvalue weighted by molar-refractivity contribution is 7.15. The summed E-state index contributed by atoms with van der Waals surface area (Å²) in [6.07, 6.45) is 8.16. The molecule has 0 saturated heterocycles. The Morgan fingerprint density at radius 3 is 2.45 bits per heavy atom. The molecule has 6 rings (SSSR count). The molecule has 0 radical (unpaired) electrons. The minimum absolute atomic E-state index is 0.254. The second-order valence-electron chi connectivity index (χ2n) is 9.05. The lowest BCUT2D eigenvalue weighted by atomic mass is 10.1. The molecule has 0 spiro atoms. The zero-order valence-electron chi connectivity index (χ0n) is 21.6. The maximum atomic E-state index is 13.3. The first-order chi connectivity index (χ1) is 19.6. The molecule has 0 atom stereocenters. The van der Waals surface area contributed by atoms with Crippen LogP contribution in [0.1, 0.15) is 30.3 Å². The molecule has 0 unspecified atom stereocenters. The van der Waals surface area contributed by atoms with Gasteiger partial charge in [0, 0.05) is 17.3 Å². The monoisotopic (exact) mass is 549 g/mol. The van der Waals surface area contributed by atoms with E-state index in [1.54, 1.807) is 24.3 Å². The molecule has 3 aromatic carbocycles. The molecule has 40 heavy (non-hydrogen) atoms. The van der Waals surface area contributed by atoms with Crippen LogP contribution < -0.4 is 14.8 Å². The number of aromatic nitrogens is 5. The fourth-order valence-corrected chi connectivity index (χ4v) is 5.07. The Hall–Kier alpha value is -4.89. The standard InChI is InChI=1S/C31H24FN5O2S/c1-2-18-39-26-15-11-22(12-16-26)29-23(20-36(35-29)25-6-4-3-5-7-25)19-27-30(38)37-31(40-27)33-28(34-37)17-10-21-8-13-24(32)14-9-21/h3-17,19-20H,2,18H2,1H3/b17-10+,27-19-. The molecule has 0 bridgehead atoms. The molecule has 3 aromatic heterocycles. The predicted molar refractivity (Wildman–Crippen MR) is 156 cm³/mol. The third-order valence-electron chi connectivity index (χ3n) is 6.14. The lowest BCUT2D eigenvalue weighted by molar-refractivity contribution is 0.317. The second-order valence-corrected chi connectivity index (χ2v) is 10.1. The quantitative estimate of drug-likeness (QED) is 0.245. The summed E-state index contributed by atoms with van der Waals surface area (Å²) < 4.78 is 22.5. The Kier molecular flexibility index (Phi) is 7.03. The molecule has 0 N–H and O–H groups in total. The average Bonchev–Trinajstić information content (AvgIpc) is 3.67. The largest absolute Gasteiger partial charge is 0.494 e. The third-order valence-corrected chi connectivity index (χ3v) is 7.10. The summed E-state index contributed by atoms with van der Waals surface area (Å²) in [5.74, 6) is 0.908. The van der Waals surface area contributed by atoms with Crippen molar-refractivity contribution in [3.05, 3.63) is 123 Å². The van der Waals surface area contributed by atoms with Crippen LogP contribution in [0.2, 0.25) is 0 Å². The number of hydrogen-bond donors (Lipinski definition) is 0. The highest BCUT2D eigenvalue weighted by Gasteiger charge is 2.14. The lowest BCUT2D eigenvalue weighted by Gasteiger charge is -2.05. The third kappa shape index (κ3) is 5.32. The predicted octanol–water partition coefficient (Wildman–Crippen LogP) is 5.65. The lowest BCUT2D eigenvalue weighted by Crippen LogP contribution is -2.23. The van der Waals surface area contributed by atoms with Crippen molar-refractivity contribution in [3.63, 3.8) is 0 Å². The summed E-state index contributed by atoms with van der Waals surface area (Å²) in [5, 5.41) is 9.22. The van der Waals surface area contributed by atoms with Gasteiger partial charge in [-0.15, -0.1) is 5.10 Å². The van der Waals surface area contributed by atoms with E-state index in [0.29, 0.717) is 21.9 Å². The Morgan fingerprint density at radius 2 is 1.73 bits per heavy atom. The van der Waals surface area contributed by atoms with Gasteiger partial charge in [0.25, 0.3) is 5.56 Å². The van der Waals surface area contributed by atoms with Crippen molar-refractivity contribution in [2.75, 3.05) is 6.61 Å². The van der Waals surface area contributed by atoms with Crippen LogP contribution in [0, 0.1) is 5.82 Å². The van der Waals surface area contributed by atoms with Crippen molar-refractivity contribution in [2.24, 2.45) is 0 Å². The van der Waals surface area contributed by atoms with Gasteiger partial charge in [-0.1, -0.05) is 54.7 Å². The van der Waals surface area contributed by atoms with Crippen LogP contribution in [0.3, 0.4) is 0 Å². The van der Waals surface area contributed by atoms with Gasteiger partial charge in [0.05, 0.1) is 16.8 Å². The molecule has 0 aliphatic carbocycles. The normalized spacial score (nSPS) is 12.1. The van der Waals surface area contributed by atoms with Gasteiger partial charge in [0.1, 0.15) is 17.3 Å². The van der Waals surface area contributed by atoms with E-state index in [1.807, 2.05) is 71.6 Å². The van der Waals surface area contributed by atoms with E-state index >= 15 is 0 Å². The van der Waals surface area contributed by atoms with Crippen molar-refractivity contribution in [1.29, 1.82) is 0 Å². The summed E-state index contributed by atoms with van der Waals surface area (Å²) in [6.45, 7) is 2.73. The van der Waals surface area contributed by atoms with Crippen LogP contribution in [0.25, 0.3) is 40.1 Å². The Bertz CT molecular complexity index is 1910. The summed E-state index contributed by atoms with van der Waals surface area (Å²) >= 11 is 1.26. The number of nitrogens with zero attached hydrogens (tertiary/aromatic N) is 5. The van der Waals surface area contributed by atoms with Gasteiger partial charge in [-0.05, 0) is 72.7 Å². The number of benzene rings is 3. The van der Waals surface area contributed by atoms with Gasteiger partial charge in [0.15, 0.2) is 5.82 Å². The second kappa shape index (κ2) is 11.1. The maximum absolute atomic E-state index is 13.3. The smallest absolute Gasteiger partial charge is 0.291 e. The van der Waals surface area contributed by atoms with E-state index in [2.05, 4.69) is 17.0 Å². The van der Waals surface area contributed by atoms with Crippen molar-refractivity contribution >= 4 is 34.5 Å². The highest BCUT2D eigenvalue weighted by atomic mass is 32.1. The van der Waals surface area contributed by atoms with Crippen LogP contribution >= 0.6 is 11.3 Å². The van der Waals surface area contributed by atoms with Crippen LogP contribution in [0.15, 0.2) is 89.9 Å². The van der Waals surface area contributed by atoms with Gasteiger partial charge in [0.2, 0.25) is 4.96 Å². The molecular formula is C31H24FN5O2S. The molecular weight excluding hydrogens is 525 g/mol. The van der Waals surface area contributed by atoms with E-state index in [-0.39, 0.29) is 11.4 Å². The van der Waals surface area contributed by atoms with Gasteiger partial charge >= 0.3 is 0 Å². The molecule has 3 heterocycles. The summed E-state index contributed by atoms with van der Waals surface area (Å²) in [6, 6.07) is 23.7. The van der Waals surface area contributed by atoms with Crippen molar-refractivity contribution in [1.82, 2.24) is 24.4 Å². The number of hydrogen-bond acceptors (Lipinski definition) is 6.